The summed E-state index contributed by atoms with van der Waals surface area (Å²) in [5, 5.41) is 12.5. The molecule has 1 N–H and O–H groups in total. The van der Waals surface area contributed by atoms with Gasteiger partial charge in [0.1, 0.15) is 0 Å². The second kappa shape index (κ2) is 7.01. The lowest BCUT2D eigenvalue weighted by Gasteiger charge is -2.31. The van der Waals surface area contributed by atoms with Crippen molar-refractivity contribution in [2.24, 2.45) is 5.92 Å². The first-order valence-corrected chi connectivity index (χ1v) is 8.36. The largest absolute Gasteiger partial charge is 0.550 e. The third-order valence-corrected chi connectivity index (χ3v) is 4.77. The lowest BCUT2D eigenvalue weighted by atomic mass is 9.93. The van der Waals surface area contributed by atoms with Crippen LogP contribution in [0.1, 0.15) is 25.3 Å². The van der Waals surface area contributed by atoms with Crippen molar-refractivity contribution in [3.05, 3.63) is 47.7 Å². The third-order valence-electron chi connectivity index (χ3n) is 4.77. The minimum Gasteiger partial charge on any atom is -0.550 e. The van der Waals surface area contributed by atoms with Crippen molar-refractivity contribution in [3.8, 4) is 0 Å². The second-order valence-electron chi connectivity index (χ2n) is 6.23. The van der Waals surface area contributed by atoms with Crippen LogP contribution >= 0.6 is 0 Å². The predicted octanol–water partition coefficient (Wildman–Crippen LogP) is 2.12. The van der Waals surface area contributed by atoms with Crippen molar-refractivity contribution >= 4 is 16.9 Å². The summed E-state index contributed by atoms with van der Waals surface area (Å²) in [6.45, 7) is 4.60. The number of benzene rings is 1. The Kier molecular flexibility index (Phi) is 4.82. The topological polar surface area (TPSA) is 59.2 Å². The van der Waals surface area contributed by atoms with Crippen LogP contribution in [0.5, 0.6) is 0 Å². The average molecular weight is 311 g/mol. The standard InChI is InChI=1S/C19H24N2O2/c1-2-16(19(22)23)15-6-5-10-21(13-15)11-9-14-12-20-18-8-4-3-7-17(14)18/h3-4,6-8,12,16,20H,2,5,9-11,13H2,1H3,(H,22,23)/p-1. The Morgan fingerprint density at radius 3 is 3.00 bits per heavy atom. The van der Waals surface area contributed by atoms with Gasteiger partial charge in [0.2, 0.25) is 0 Å². The molecule has 0 saturated carbocycles. The minimum atomic E-state index is -0.947. The Bertz CT molecular complexity index is 717. The number of H-pyrrole nitrogens is 1. The number of hydrogen-bond donors (Lipinski definition) is 1. The quantitative estimate of drug-likeness (QED) is 0.831. The van der Waals surface area contributed by atoms with E-state index in [2.05, 4.69) is 40.4 Å². The fourth-order valence-corrected chi connectivity index (χ4v) is 3.47. The fourth-order valence-electron chi connectivity index (χ4n) is 3.47. The van der Waals surface area contributed by atoms with Crippen LogP contribution < -0.4 is 5.11 Å². The highest BCUT2D eigenvalue weighted by molar-refractivity contribution is 5.83. The van der Waals surface area contributed by atoms with Crippen LogP contribution in [0.2, 0.25) is 0 Å². The lowest BCUT2D eigenvalue weighted by molar-refractivity contribution is -0.310. The smallest absolute Gasteiger partial charge is 0.0486 e. The van der Waals surface area contributed by atoms with E-state index in [0.717, 1.165) is 38.0 Å². The molecule has 0 fully saturated rings. The van der Waals surface area contributed by atoms with Crippen LogP contribution in [0.4, 0.5) is 0 Å². The molecule has 2 heterocycles. The highest BCUT2D eigenvalue weighted by Crippen LogP contribution is 2.22. The van der Waals surface area contributed by atoms with Crippen LogP contribution in [0.3, 0.4) is 0 Å². The molecule has 1 aliphatic rings. The van der Waals surface area contributed by atoms with Crippen LogP contribution in [0.25, 0.3) is 10.9 Å². The SMILES string of the molecule is CCC(C(=O)[O-])C1=CCCN(CCc2c[nH]c3ccccc23)C1. The van der Waals surface area contributed by atoms with E-state index < -0.39 is 11.9 Å². The van der Waals surface area contributed by atoms with E-state index in [4.69, 9.17) is 0 Å². The summed E-state index contributed by atoms with van der Waals surface area (Å²) in [6, 6.07) is 8.33. The first-order valence-electron chi connectivity index (χ1n) is 8.36. The van der Waals surface area contributed by atoms with Gasteiger partial charge in [-0.15, -0.1) is 0 Å². The Morgan fingerprint density at radius 2 is 2.22 bits per heavy atom. The van der Waals surface area contributed by atoms with Crippen LogP contribution in [-0.2, 0) is 11.2 Å². The molecule has 1 aliphatic heterocycles. The van der Waals surface area contributed by atoms with Gasteiger partial charge in [0.15, 0.2) is 0 Å². The van der Waals surface area contributed by atoms with Crippen molar-refractivity contribution in [3.63, 3.8) is 0 Å². The molecule has 2 aromatic rings. The van der Waals surface area contributed by atoms with Crippen molar-refractivity contribution < 1.29 is 9.90 Å². The normalized spacial score (nSPS) is 17.2. The van der Waals surface area contributed by atoms with Crippen LogP contribution in [-0.4, -0.2) is 35.5 Å². The molecule has 3 rings (SSSR count). The number of aromatic amines is 1. The molecule has 4 heteroatoms. The van der Waals surface area contributed by atoms with E-state index >= 15 is 0 Å². The summed E-state index contributed by atoms with van der Waals surface area (Å²) in [7, 11) is 0. The van der Waals surface area contributed by atoms with Gasteiger partial charge < -0.3 is 14.9 Å². The molecule has 0 bridgehead atoms. The van der Waals surface area contributed by atoms with Crippen molar-refractivity contribution in [1.29, 1.82) is 0 Å². The molecule has 122 valence electrons. The van der Waals surface area contributed by atoms with E-state index in [1.54, 1.807) is 0 Å². The summed E-state index contributed by atoms with van der Waals surface area (Å²) in [5.41, 5.74) is 3.51. The molecule has 1 aromatic heterocycles. The minimum absolute atomic E-state index is 0.439. The Hall–Kier alpha value is -2.07. The summed E-state index contributed by atoms with van der Waals surface area (Å²) in [6.07, 6.45) is 6.67. The number of aliphatic carboxylic acids is 1. The molecule has 0 aliphatic carbocycles. The van der Waals surface area contributed by atoms with Crippen LogP contribution in [0, 0.1) is 5.92 Å². The van der Waals surface area contributed by atoms with Gasteiger partial charge in [0.25, 0.3) is 0 Å². The monoisotopic (exact) mass is 311 g/mol. The molecule has 1 aromatic carbocycles. The first-order chi connectivity index (χ1) is 11.2. The zero-order valence-corrected chi connectivity index (χ0v) is 13.5. The molecule has 23 heavy (non-hydrogen) atoms. The molecule has 1 atom stereocenters. The van der Waals surface area contributed by atoms with E-state index in [1.165, 1.54) is 16.5 Å². The summed E-state index contributed by atoms with van der Waals surface area (Å²) < 4.78 is 0. The third kappa shape index (κ3) is 3.48. The van der Waals surface area contributed by atoms with Crippen molar-refractivity contribution in [2.45, 2.75) is 26.2 Å². The number of aromatic nitrogens is 1. The first kappa shape index (κ1) is 15.8. The number of rotatable bonds is 6. The zero-order valence-electron chi connectivity index (χ0n) is 13.5. The molecular weight excluding hydrogens is 288 g/mol. The van der Waals surface area contributed by atoms with Crippen molar-refractivity contribution in [1.82, 2.24) is 9.88 Å². The number of carboxylic acid groups (broad SMARTS) is 1. The number of hydrogen-bond acceptors (Lipinski definition) is 3. The molecule has 0 saturated heterocycles. The zero-order chi connectivity index (χ0) is 16.2. The highest BCUT2D eigenvalue weighted by Gasteiger charge is 2.20. The molecule has 0 spiro atoms. The number of carbonyl (C=O) groups is 1. The number of carboxylic acids is 1. The number of para-hydroxylation sites is 1. The second-order valence-corrected chi connectivity index (χ2v) is 6.23. The van der Waals surface area contributed by atoms with E-state index in [1.807, 2.05) is 13.0 Å². The van der Waals surface area contributed by atoms with Gasteiger partial charge >= 0.3 is 0 Å². The van der Waals surface area contributed by atoms with E-state index in [-0.39, 0.29) is 0 Å². The fraction of sp³-hybridized carbons (Fsp3) is 0.421. The maximum absolute atomic E-state index is 11.3. The van der Waals surface area contributed by atoms with Gasteiger partial charge in [0.05, 0.1) is 0 Å². The maximum Gasteiger partial charge on any atom is 0.0486 e. The highest BCUT2D eigenvalue weighted by atomic mass is 16.4. The van der Waals surface area contributed by atoms with Crippen LogP contribution in [0.15, 0.2) is 42.1 Å². The van der Waals surface area contributed by atoms with E-state index in [0.29, 0.717) is 6.42 Å². The Morgan fingerprint density at radius 1 is 1.39 bits per heavy atom. The molecule has 0 amide bonds. The van der Waals surface area contributed by atoms with Gasteiger partial charge in [-0.2, -0.15) is 0 Å². The van der Waals surface area contributed by atoms with Gasteiger partial charge in [-0.05, 0) is 30.9 Å². The lowest BCUT2D eigenvalue weighted by Crippen LogP contribution is -2.39. The Labute approximate surface area is 136 Å². The maximum atomic E-state index is 11.3. The number of nitrogens with zero attached hydrogens (tertiary/aromatic N) is 1. The Balaban J connectivity index is 1.63. The molecule has 0 radical (unpaired) electrons. The molecule has 1 unspecified atom stereocenters. The van der Waals surface area contributed by atoms with Gasteiger partial charge in [-0.1, -0.05) is 36.8 Å². The molecular formula is C19H23N2O2-. The predicted molar refractivity (Wildman–Crippen MR) is 89.9 cm³/mol. The van der Waals surface area contributed by atoms with Gasteiger partial charge in [0, 0.05) is 48.6 Å². The average Bonchev–Trinajstić information content (AvgIpc) is 2.97. The molecule has 4 nitrogen and oxygen atoms in total. The van der Waals surface area contributed by atoms with Crippen molar-refractivity contribution in [2.75, 3.05) is 19.6 Å². The summed E-state index contributed by atoms with van der Waals surface area (Å²) >= 11 is 0. The summed E-state index contributed by atoms with van der Waals surface area (Å²) in [4.78, 5) is 16.9. The van der Waals surface area contributed by atoms with Gasteiger partial charge in [-0.3, -0.25) is 4.90 Å². The number of nitrogens with one attached hydrogen (secondary N) is 1. The van der Waals surface area contributed by atoms with Gasteiger partial charge in [-0.25, -0.2) is 0 Å². The van der Waals surface area contributed by atoms with E-state index in [9.17, 15) is 9.90 Å². The number of carbonyl (C=O) groups excluding carboxylic acids is 1. The summed E-state index contributed by atoms with van der Waals surface area (Å²) in [5.74, 6) is -1.39. The number of fused-ring (bicyclic) bond motifs is 1.